The maximum atomic E-state index is 13.1. The van der Waals surface area contributed by atoms with E-state index in [1.54, 1.807) is 27.7 Å². The van der Waals surface area contributed by atoms with Gasteiger partial charge in [-0.05, 0) is 27.7 Å². The Labute approximate surface area is 167 Å². The fraction of sp³-hybridized carbons (Fsp3) is 0.471. The lowest BCUT2D eigenvalue weighted by Gasteiger charge is -2.25. The second-order valence-corrected chi connectivity index (χ2v) is 6.25. The molecule has 0 atom stereocenters. The van der Waals surface area contributed by atoms with Crippen LogP contribution in [0, 0.1) is 5.41 Å². The number of nitrogens with two attached hydrogens (primary N) is 1. The average molecular weight is 413 g/mol. The van der Waals surface area contributed by atoms with E-state index in [1.165, 1.54) is 12.3 Å². The molecule has 0 aliphatic heterocycles. The van der Waals surface area contributed by atoms with Gasteiger partial charge in [0.05, 0.1) is 11.8 Å². The molecule has 1 rings (SSSR count). The van der Waals surface area contributed by atoms with Gasteiger partial charge in [0.15, 0.2) is 0 Å². The fourth-order valence-corrected chi connectivity index (χ4v) is 1.99. The average Bonchev–Trinajstić information content (AvgIpc) is 2.61. The van der Waals surface area contributed by atoms with Crippen LogP contribution >= 0.6 is 0 Å². The quantitative estimate of drug-likeness (QED) is 0.240. The zero-order valence-electron chi connectivity index (χ0n) is 16.7. The number of halogens is 3. The Bertz CT molecular complexity index is 783. The Morgan fingerprint density at radius 1 is 1.31 bits per heavy atom. The van der Waals surface area contributed by atoms with Crippen LogP contribution in [0.3, 0.4) is 0 Å². The Balaban J connectivity index is 3.16. The van der Waals surface area contributed by atoms with E-state index in [-0.39, 0.29) is 24.1 Å². The minimum absolute atomic E-state index is 0.0576. The number of aliphatic imine (C=N–C) groups is 1. The first-order chi connectivity index (χ1) is 13.5. The topological polar surface area (TPSA) is 136 Å². The number of anilines is 2. The van der Waals surface area contributed by atoms with Crippen LogP contribution in [0.2, 0.25) is 0 Å². The van der Waals surface area contributed by atoms with Crippen molar-refractivity contribution in [3.63, 3.8) is 0 Å². The van der Waals surface area contributed by atoms with Crippen molar-refractivity contribution in [2.24, 2.45) is 15.8 Å². The van der Waals surface area contributed by atoms with Crippen LogP contribution in [0.1, 0.15) is 33.3 Å². The highest BCUT2D eigenvalue weighted by Crippen LogP contribution is 2.33. The van der Waals surface area contributed by atoms with Crippen LogP contribution in [-0.4, -0.2) is 46.9 Å². The number of hydrazone groups is 1. The molecule has 0 aromatic carbocycles. The summed E-state index contributed by atoms with van der Waals surface area (Å²) in [7, 11) is 0. The van der Waals surface area contributed by atoms with Crippen molar-refractivity contribution in [3.8, 4) is 0 Å². The third kappa shape index (κ3) is 7.39. The minimum atomic E-state index is -4.58. The number of amidine groups is 1. The SMILES string of the molecule is CCN=C(C=C(N)C(C)(C)N/N=C\C=N)Nc1ncc(C(F)(F)F)c(NCC)n1. The molecule has 0 radical (unpaired) electrons. The largest absolute Gasteiger partial charge is 0.421 e. The highest BCUT2D eigenvalue weighted by Gasteiger charge is 2.35. The van der Waals surface area contributed by atoms with E-state index in [2.05, 4.69) is 36.1 Å². The van der Waals surface area contributed by atoms with Crippen molar-refractivity contribution in [1.82, 2.24) is 15.4 Å². The molecule has 0 amide bonds. The second kappa shape index (κ2) is 10.4. The summed E-state index contributed by atoms with van der Waals surface area (Å²) in [6, 6.07) is 0. The summed E-state index contributed by atoms with van der Waals surface area (Å²) < 4.78 is 39.3. The van der Waals surface area contributed by atoms with Gasteiger partial charge in [-0.3, -0.25) is 10.4 Å². The van der Waals surface area contributed by atoms with Gasteiger partial charge >= 0.3 is 6.18 Å². The van der Waals surface area contributed by atoms with Crippen molar-refractivity contribution in [3.05, 3.63) is 23.5 Å². The highest BCUT2D eigenvalue weighted by atomic mass is 19.4. The first-order valence-electron chi connectivity index (χ1n) is 8.81. The lowest BCUT2D eigenvalue weighted by molar-refractivity contribution is -0.137. The van der Waals surface area contributed by atoms with Gasteiger partial charge in [0.1, 0.15) is 17.2 Å². The molecule has 0 saturated heterocycles. The van der Waals surface area contributed by atoms with Gasteiger partial charge in [0, 0.05) is 37.3 Å². The van der Waals surface area contributed by atoms with Crippen LogP contribution in [-0.2, 0) is 6.18 Å². The lowest BCUT2D eigenvalue weighted by atomic mass is 10.0. The molecule has 0 aliphatic rings. The summed E-state index contributed by atoms with van der Waals surface area (Å²) in [6.45, 7) is 7.65. The predicted octanol–water partition coefficient (Wildman–Crippen LogP) is 2.60. The first kappa shape index (κ1) is 23.9. The summed E-state index contributed by atoms with van der Waals surface area (Å²) in [5.74, 6) is -0.107. The van der Waals surface area contributed by atoms with Crippen molar-refractivity contribution in [1.29, 1.82) is 5.41 Å². The maximum absolute atomic E-state index is 13.1. The van der Waals surface area contributed by atoms with Gasteiger partial charge in [0.2, 0.25) is 5.95 Å². The molecule has 6 N–H and O–H groups in total. The third-order valence-electron chi connectivity index (χ3n) is 3.51. The van der Waals surface area contributed by atoms with E-state index < -0.39 is 17.3 Å². The Morgan fingerprint density at radius 3 is 2.55 bits per heavy atom. The van der Waals surface area contributed by atoms with Gasteiger partial charge < -0.3 is 21.8 Å². The minimum Gasteiger partial charge on any atom is -0.400 e. The van der Waals surface area contributed by atoms with E-state index >= 15 is 0 Å². The van der Waals surface area contributed by atoms with Crippen LogP contribution in [0.15, 0.2) is 28.1 Å². The van der Waals surface area contributed by atoms with E-state index in [9.17, 15) is 13.2 Å². The Hall–Kier alpha value is -3.18. The number of aromatic nitrogens is 2. The molecule has 0 saturated carbocycles. The van der Waals surface area contributed by atoms with Crippen LogP contribution in [0.25, 0.3) is 0 Å². The molecule has 1 aromatic rings. The monoisotopic (exact) mass is 413 g/mol. The summed E-state index contributed by atoms with van der Waals surface area (Å²) in [5.41, 5.74) is 7.54. The number of nitrogens with zero attached hydrogens (tertiary/aromatic N) is 4. The predicted molar refractivity (Wildman–Crippen MR) is 110 cm³/mol. The molecule has 0 bridgehead atoms. The Kier molecular flexibility index (Phi) is 8.55. The molecule has 160 valence electrons. The molecular formula is C17H26F3N9. The zero-order chi connectivity index (χ0) is 22.1. The molecule has 0 unspecified atom stereocenters. The molecule has 1 heterocycles. The van der Waals surface area contributed by atoms with Crippen molar-refractivity contribution >= 4 is 30.0 Å². The number of hydrogen-bond acceptors (Lipinski definition) is 8. The van der Waals surface area contributed by atoms with Gasteiger partial charge in [-0.15, -0.1) is 0 Å². The molecular weight excluding hydrogens is 387 g/mol. The van der Waals surface area contributed by atoms with E-state index in [1.807, 2.05) is 0 Å². The molecule has 0 aliphatic carbocycles. The summed E-state index contributed by atoms with van der Waals surface area (Å²) in [4.78, 5) is 11.9. The van der Waals surface area contributed by atoms with Crippen LogP contribution in [0.5, 0.6) is 0 Å². The maximum Gasteiger partial charge on any atom is 0.421 e. The van der Waals surface area contributed by atoms with Crippen molar-refractivity contribution in [2.45, 2.75) is 39.4 Å². The molecule has 1 aromatic heterocycles. The zero-order valence-corrected chi connectivity index (χ0v) is 16.7. The summed E-state index contributed by atoms with van der Waals surface area (Å²) in [5, 5.41) is 16.2. The van der Waals surface area contributed by atoms with Crippen LogP contribution in [0.4, 0.5) is 24.9 Å². The first-order valence-corrected chi connectivity index (χ1v) is 8.81. The third-order valence-corrected chi connectivity index (χ3v) is 3.51. The van der Waals surface area contributed by atoms with Gasteiger partial charge in [-0.2, -0.15) is 23.3 Å². The van der Waals surface area contributed by atoms with Crippen molar-refractivity contribution in [2.75, 3.05) is 23.7 Å². The molecule has 0 fully saturated rings. The number of rotatable bonds is 9. The van der Waals surface area contributed by atoms with E-state index in [0.29, 0.717) is 18.4 Å². The lowest BCUT2D eigenvalue weighted by Crippen LogP contribution is -2.41. The van der Waals surface area contributed by atoms with Gasteiger partial charge in [0.25, 0.3) is 0 Å². The Morgan fingerprint density at radius 2 is 2.00 bits per heavy atom. The number of hydrogen-bond donors (Lipinski definition) is 5. The molecule has 9 nitrogen and oxygen atoms in total. The standard InChI is InChI=1S/C17H26F3N9/c1-5-23-13(9-12(22)16(3,4)29-26-8-7-21)27-15-25-10-11(17(18,19)20)14(28-15)24-6-2/h7-10,21,29H,5-6,22H2,1-4H3,(H2,23,24,25,27,28)/b12-9?,21-7?,26-8-. The smallest absolute Gasteiger partial charge is 0.400 e. The van der Waals surface area contributed by atoms with E-state index in [4.69, 9.17) is 11.1 Å². The fourth-order valence-electron chi connectivity index (χ4n) is 1.99. The van der Waals surface area contributed by atoms with Gasteiger partial charge in [-0.1, -0.05) is 0 Å². The van der Waals surface area contributed by atoms with Gasteiger partial charge in [-0.25, -0.2) is 4.98 Å². The van der Waals surface area contributed by atoms with Crippen molar-refractivity contribution < 1.29 is 13.2 Å². The second-order valence-electron chi connectivity index (χ2n) is 6.25. The summed E-state index contributed by atoms with van der Waals surface area (Å²) in [6.07, 6.45) is -0.0791. The normalized spacial score (nSPS) is 13.5. The number of nitrogens with one attached hydrogen (secondary N) is 4. The molecule has 29 heavy (non-hydrogen) atoms. The molecule has 12 heteroatoms. The summed E-state index contributed by atoms with van der Waals surface area (Å²) >= 11 is 0. The van der Waals surface area contributed by atoms with Crippen LogP contribution < -0.4 is 21.8 Å². The highest BCUT2D eigenvalue weighted by molar-refractivity contribution is 6.14. The molecule has 0 spiro atoms. The number of alkyl halides is 3. The van der Waals surface area contributed by atoms with E-state index in [0.717, 1.165) is 6.21 Å².